The smallest absolute Gasteiger partial charge is 0.249 e. The van der Waals surface area contributed by atoms with Gasteiger partial charge in [0.2, 0.25) is 5.89 Å². The number of nitrogens with zero attached hydrogens (tertiary/aromatic N) is 2. The summed E-state index contributed by atoms with van der Waals surface area (Å²) in [7, 11) is 0. The molecule has 3 rings (SSSR count). The third kappa shape index (κ3) is 2.36. The number of ether oxygens (including phenoxy) is 1. The summed E-state index contributed by atoms with van der Waals surface area (Å²) in [4.78, 5) is 4.25. The maximum atomic E-state index is 13.5. The predicted octanol–water partition coefficient (Wildman–Crippen LogP) is 1.37. The summed E-state index contributed by atoms with van der Waals surface area (Å²) in [6.45, 7) is 0.954. The van der Waals surface area contributed by atoms with Crippen LogP contribution in [0.5, 0.6) is 0 Å². The molecule has 0 aliphatic carbocycles. The Balaban J connectivity index is 1.80. The van der Waals surface area contributed by atoms with Crippen LogP contribution in [0, 0.1) is 5.82 Å². The minimum Gasteiger partial charge on any atom is -0.379 e. The number of nitrogens with two attached hydrogens (primary N) is 1. The van der Waals surface area contributed by atoms with E-state index in [1.54, 1.807) is 18.2 Å². The van der Waals surface area contributed by atoms with Crippen molar-refractivity contribution in [2.24, 2.45) is 5.73 Å². The topological polar surface area (TPSA) is 74.2 Å². The van der Waals surface area contributed by atoms with Gasteiger partial charge in [0.15, 0.2) is 5.82 Å². The molecule has 1 saturated heterocycles. The second kappa shape index (κ2) is 4.71. The van der Waals surface area contributed by atoms with Crippen LogP contribution in [0.15, 0.2) is 28.8 Å². The van der Waals surface area contributed by atoms with E-state index in [0.29, 0.717) is 36.9 Å². The van der Waals surface area contributed by atoms with Crippen LogP contribution in [0.1, 0.15) is 23.7 Å². The van der Waals surface area contributed by atoms with Gasteiger partial charge in [-0.2, -0.15) is 4.98 Å². The van der Waals surface area contributed by atoms with Crippen molar-refractivity contribution in [3.8, 4) is 0 Å². The normalized spacial score (nSPS) is 22.8. The zero-order chi connectivity index (χ0) is 13.3. The molecule has 5 nitrogen and oxygen atoms in total. The van der Waals surface area contributed by atoms with Crippen molar-refractivity contribution in [3.05, 3.63) is 47.4 Å². The van der Waals surface area contributed by atoms with Gasteiger partial charge >= 0.3 is 0 Å². The number of aromatic nitrogens is 2. The third-order valence-electron chi connectivity index (χ3n) is 3.25. The molecule has 1 aliphatic heterocycles. The van der Waals surface area contributed by atoms with Gasteiger partial charge in [-0.25, -0.2) is 4.39 Å². The summed E-state index contributed by atoms with van der Waals surface area (Å²) < 4.78 is 24.0. The molecule has 0 saturated carbocycles. The molecule has 2 N–H and O–H groups in total. The lowest BCUT2D eigenvalue weighted by molar-refractivity contribution is 0.166. The van der Waals surface area contributed by atoms with Crippen molar-refractivity contribution in [1.29, 1.82) is 0 Å². The molecule has 1 aliphatic rings. The summed E-state index contributed by atoms with van der Waals surface area (Å²) in [6, 6.07) is 6.52. The molecule has 1 atom stereocenters. The van der Waals surface area contributed by atoms with Gasteiger partial charge in [0.05, 0.1) is 6.61 Å². The van der Waals surface area contributed by atoms with Crippen LogP contribution in [0.4, 0.5) is 4.39 Å². The second-order valence-corrected chi connectivity index (χ2v) is 4.74. The van der Waals surface area contributed by atoms with E-state index in [1.807, 2.05) is 0 Å². The molecule has 0 bridgehead atoms. The number of halogens is 1. The molecule has 2 heterocycles. The first-order valence-corrected chi connectivity index (χ1v) is 6.10. The maximum absolute atomic E-state index is 13.5. The highest BCUT2D eigenvalue weighted by Crippen LogP contribution is 2.26. The molecule has 1 fully saturated rings. The van der Waals surface area contributed by atoms with Crippen molar-refractivity contribution < 1.29 is 13.7 Å². The largest absolute Gasteiger partial charge is 0.379 e. The predicted molar refractivity (Wildman–Crippen MR) is 64.8 cm³/mol. The zero-order valence-corrected chi connectivity index (χ0v) is 10.3. The maximum Gasteiger partial charge on any atom is 0.249 e. The summed E-state index contributed by atoms with van der Waals surface area (Å²) in [6.07, 6.45) is 0.932. The van der Waals surface area contributed by atoms with Gasteiger partial charge in [-0.15, -0.1) is 0 Å². The summed E-state index contributed by atoms with van der Waals surface area (Å²) in [5.74, 6) is 0.508. The van der Waals surface area contributed by atoms with Crippen molar-refractivity contribution in [2.75, 3.05) is 13.2 Å². The summed E-state index contributed by atoms with van der Waals surface area (Å²) in [5.41, 5.74) is 5.94. The molecule has 19 heavy (non-hydrogen) atoms. The van der Waals surface area contributed by atoms with E-state index in [0.717, 1.165) is 0 Å². The van der Waals surface area contributed by atoms with Gasteiger partial charge in [0.1, 0.15) is 11.4 Å². The van der Waals surface area contributed by atoms with E-state index in [1.165, 1.54) is 6.07 Å². The van der Waals surface area contributed by atoms with Crippen molar-refractivity contribution in [1.82, 2.24) is 10.1 Å². The fourth-order valence-corrected chi connectivity index (χ4v) is 2.09. The number of benzene rings is 1. The zero-order valence-electron chi connectivity index (χ0n) is 10.3. The van der Waals surface area contributed by atoms with Gasteiger partial charge in [0, 0.05) is 13.0 Å². The molecule has 1 aromatic carbocycles. The van der Waals surface area contributed by atoms with Crippen molar-refractivity contribution in [3.63, 3.8) is 0 Å². The monoisotopic (exact) mass is 263 g/mol. The Morgan fingerprint density at radius 3 is 2.95 bits per heavy atom. The molecular formula is C13H14FN3O2. The Morgan fingerprint density at radius 1 is 1.37 bits per heavy atom. The molecule has 100 valence electrons. The minimum absolute atomic E-state index is 0.277. The average molecular weight is 263 g/mol. The van der Waals surface area contributed by atoms with Crippen LogP contribution in [0.25, 0.3) is 0 Å². The van der Waals surface area contributed by atoms with E-state index in [2.05, 4.69) is 10.1 Å². The summed E-state index contributed by atoms with van der Waals surface area (Å²) >= 11 is 0. The number of hydrogen-bond donors (Lipinski definition) is 1. The van der Waals surface area contributed by atoms with Crippen LogP contribution in [0.2, 0.25) is 0 Å². The molecular weight excluding hydrogens is 249 g/mol. The quantitative estimate of drug-likeness (QED) is 0.905. The van der Waals surface area contributed by atoms with Crippen LogP contribution in [-0.2, 0) is 16.7 Å². The Bertz CT molecular complexity index is 579. The van der Waals surface area contributed by atoms with E-state index < -0.39 is 5.54 Å². The molecule has 0 radical (unpaired) electrons. The number of hydrogen-bond acceptors (Lipinski definition) is 5. The van der Waals surface area contributed by atoms with Crippen LogP contribution in [0.3, 0.4) is 0 Å². The Hall–Kier alpha value is -1.79. The van der Waals surface area contributed by atoms with Crippen molar-refractivity contribution in [2.45, 2.75) is 18.4 Å². The first kappa shape index (κ1) is 12.3. The standard InChI is InChI=1S/C13H14FN3O2/c14-10-4-2-1-3-9(10)7-11-16-12(19-17-11)13(15)5-6-18-8-13/h1-4H,5-8,15H2. The third-order valence-corrected chi connectivity index (χ3v) is 3.25. The van der Waals surface area contributed by atoms with E-state index >= 15 is 0 Å². The van der Waals surface area contributed by atoms with E-state index in [9.17, 15) is 4.39 Å². The fourth-order valence-electron chi connectivity index (χ4n) is 2.09. The lowest BCUT2D eigenvalue weighted by atomic mass is 10.0. The van der Waals surface area contributed by atoms with Gasteiger partial charge in [-0.05, 0) is 18.1 Å². The highest BCUT2D eigenvalue weighted by atomic mass is 19.1. The van der Waals surface area contributed by atoms with Gasteiger partial charge in [0.25, 0.3) is 0 Å². The van der Waals surface area contributed by atoms with Crippen molar-refractivity contribution >= 4 is 0 Å². The minimum atomic E-state index is -0.708. The molecule has 0 spiro atoms. The second-order valence-electron chi connectivity index (χ2n) is 4.74. The lowest BCUT2D eigenvalue weighted by Gasteiger charge is -2.14. The van der Waals surface area contributed by atoms with Gasteiger partial charge < -0.3 is 15.0 Å². The van der Waals surface area contributed by atoms with E-state index in [-0.39, 0.29) is 12.2 Å². The SMILES string of the molecule is NC1(c2nc(Cc3ccccc3F)no2)CCOC1. The average Bonchev–Trinajstić information content (AvgIpc) is 3.02. The molecule has 6 heteroatoms. The highest BCUT2D eigenvalue weighted by Gasteiger charge is 2.38. The van der Waals surface area contributed by atoms with E-state index in [4.69, 9.17) is 15.0 Å². The van der Waals surface area contributed by atoms with Crippen LogP contribution < -0.4 is 5.73 Å². The summed E-state index contributed by atoms with van der Waals surface area (Å²) in [5, 5.41) is 3.85. The Kier molecular flexibility index (Phi) is 3.04. The van der Waals surface area contributed by atoms with Gasteiger partial charge in [-0.3, -0.25) is 0 Å². The Morgan fingerprint density at radius 2 is 2.21 bits per heavy atom. The first-order chi connectivity index (χ1) is 9.17. The Labute approximate surface area is 109 Å². The van der Waals surface area contributed by atoms with Crippen LogP contribution in [-0.4, -0.2) is 23.4 Å². The fraction of sp³-hybridized carbons (Fsp3) is 0.385. The molecule has 0 amide bonds. The highest BCUT2D eigenvalue weighted by molar-refractivity contribution is 5.21. The van der Waals surface area contributed by atoms with Gasteiger partial charge in [-0.1, -0.05) is 23.4 Å². The molecule has 1 unspecified atom stereocenters. The molecule has 1 aromatic heterocycles. The first-order valence-electron chi connectivity index (χ1n) is 6.10. The number of rotatable bonds is 3. The lowest BCUT2D eigenvalue weighted by Crippen LogP contribution is -2.37. The molecule has 2 aromatic rings. The van der Waals surface area contributed by atoms with Crippen LogP contribution >= 0.6 is 0 Å².